The van der Waals surface area contributed by atoms with Gasteiger partial charge in [-0.3, -0.25) is 10.1 Å². The maximum Gasteiger partial charge on any atom is 0.311 e. The van der Waals surface area contributed by atoms with Gasteiger partial charge in [0.25, 0.3) is 0 Å². The molecule has 104 valence electrons. The summed E-state index contributed by atoms with van der Waals surface area (Å²) in [6.45, 7) is 1.34. The average Bonchev–Trinajstić information content (AvgIpc) is 2.46. The fraction of sp³-hybridized carbons (Fsp3) is 0.545. The van der Waals surface area contributed by atoms with Gasteiger partial charge in [-0.2, -0.15) is 0 Å². The Morgan fingerprint density at radius 1 is 1.63 bits per heavy atom. The van der Waals surface area contributed by atoms with Crippen molar-refractivity contribution in [2.45, 2.75) is 12.8 Å². The lowest BCUT2D eigenvalue weighted by atomic mass is 9.99. The molecule has 1 aromatic heterocycles. The van der Waals surface area contributed by atoms with Gasteiger partial charge in [-0.15, -0.1) is 0 Å². The number of aromatic nitrogens is 1. The molecule has 2 heterocycles. The molecule has 8 nitrogen and oxygen atoms in total. The summed E-state index contributed by atoms with van der Waals surface area (Å²) in [5.74, 6) is 6.10. The number of anilines is 2. The normalized spacial score (nSPS) is 19.3. The van der Waals surface area contributed by atoms with Crippen molar-refractivity contribution in [1.29, 1.82) is 0 Å². The third kappa shape index (κ3) is 2.91. The van der Waals surface area contributed by atoms with E-state index in [0.29, 0.717) is 24.7 Å². The Labute approximate surface area is 110 Å². The number of nitrogen functional groups attached to an aromatic ring is 1. The first-order valence-corrected chi connectivity index (χ1v) is 6.13. The van der Waals surface area contributed by atoms with Crippen LogP contribution in [-0.2, 0) is 0 Å². The van der Waals surface area contributed by atoms with Crippen molar-refractivity contribution in [1.82, 2.24) is 4.98 Å². The van der Waals surface area contributed by atoms with Crippen molar-refractivity contribution in [3.05, 3.63) is 22.2 Å². The third-order valence-electron chi connectivity index (χ3n) is 3.28. The molecular formula is C11H17N5O3. The second-order valence-electron chi connectivity index (χ2n) is 4.58. The second kappa shape index (κ2) is 5.81. The summed E-state index contributed by atoms with van der Waals surface area (Å²) in [5, 5.41) is 20.3. The van der Waals surface area contributed by atoms with E-state index >= 15 is 0 Å². The largest absolute Gasteiger partial charge is 0.396 e. The van der Waals surface area contributed by atoms with E-state index in [1.807, 2.05) is 4.90 Å². The highest BCUT2D eigenvalue weighted by atomic mass is 16.6. The molecule has 1 saturated heterocycles. The lowest BCUT2D eigenvalue weighted by Gasteiger charge is -2.32. The van der Waals surface area contributed by atoms with E-state index < -0.39 is 4.92 Å². The van der Waals surface area contributed by atoms with Crippen molar-refractivity contribution in [3.63, 3.8) is 0 Å². The van der Waals surface area contributed by atoms with Crippen LogP contribution in [0.4, 0.5) is 17.3 Å². The molecule has 0 aliphatic carbocycles. The fourth-order valence-corrected chi connectivity index (χ4v) is 2.30. The minimum Gasteiger partial charge on any atom is -0.396 e. The predicted molar refractivity (Wildman–Crippen MR) is 70.7 cm³/mol. The SMILES string of the molecule is NNc1ccc([N+](=O)[O-])c(N2CCCC(CO)C2)n1. The van der Waals surface area contributed by atoms with Gasteiger partial charge in [-0.1, -0.05) is 0 Å². The molecule has 0 aromatic carbocycles. The molecule has 0 radical (unpaired) electrons. The number of aliphatic hydroxyl groups excluding tert-OH is 1. The zero-order valence-electron chi connectivity index (χ0n) is 10.5. The van der Waals surface area contributed by atoms with Gasteiger partial charge in [-0.05, 0) is 24.8 Å². The molecule has 19 heavy (non-hydrogen) atoms. The molecule has 1 atom stereocenters. The Bertz CT molecular complexity index is 468. The van der Waals surface area contributed by atoms with Crippen molar-refractivity contribution in [3.8, 4) is 0 Å². The van der Waals surface area contributed by atoms with Crippen LogP contribution < -0.4 is 16.2 Å². The van der Waals surface area contributed by atoms with E-state index in [2.05, 4.69) is 10.4 Å². The van der Waals surface area contributed by atoms with Gasteiger partial charge in [0.15, 0.2) is 0 Å². The molecular weight excluding hydrogens is 250 g/mol. The zero-order valence-corrected chi connectivity index (χ0v) is 10.5. The van der Waals surface area contributed by atoms with E-state index in [1.54, 1.807) is 0 Å². The van der Waals surface area contributed by atoms with Crippen LogP contribution >= 0.6 is 0 Å². The first-order chi connectivity index (χ1) is 9.15. The number of hydrogen-bond donors (Lipinski definition) is 3. The molecule has 1 aliphatic rings. The summed E-state index contributed by atoms with van der Waals surface area (Å²) in [7, 11) is 0. The first-order valence-electron chi connectivity index (χ1n) is 6.13. The number of nitro groups is 1. The molecule has 4 N–H and O–H groups in total. The van der Waals surface area contributed by atoms with Gasteiger partial charge >= 0.3 is 5.69 Å². The molecule has 1 fully saturated rings. The number of hydrazine groups is 1. The number of pyridine rings is 1. The van der Waals surface area contributed by atoms with Gasteiger partial charge in [0.05, 0.1) is 4.92 Å². The van der Waals surface area contributed by atoms with Gasteiger partial charge in [0, 0.05) is 25.8 Å². The minimum absolute atomic E-state index is 0.0439. The number of nitrogens with two attached hydrogens (primary N) is 1. The zero-order chi connectivity index (χ0) is 13.8. The summed E-state index contributed by atoms with van der Waals surface area (Å²) in [5.41, 5.74) is 2.34. The van der Waals surface area contributed by atoms with Gasteiger partial charge in [0.2, 0.25) is 5.82 Å². The van der Waals surface area contributed by atoms with Crippen LogP contribution in [0.3, 0.4) is 0 Å². The van der Waals surface area contributed by atoms with Gasteiger partial charge in [-0.25, -0.2) is 10.8 Å². The predicted octanol–water partition coefficient (Wildman–Crippen LogP) is 0.484. The van der Waals surface area contributed by atoms with E-state index in [-0.39, 0.29) is 18.2 Å². The number of hydrogen-bond acceptors (Lipinski definition) is 7. The van der Waals surface area contributed by atoms with E-state index in [0.717, 1.165) is 12.8 Å². The maximum absolute atomic E-state index is 11.1. The Morgan fingerprint density at radius 2 is 2.42 bits per heavy atom. The Hall–Kier alpha value is -1.93. The summed E-state index contributed by atoms with van der Waals surface area (Å²) >= 11 is 0. The maximum atomic E-state index is 11.1. The van der Waals surface area contributed by atoms with Crippen molar-refractivity contribution in [2.75, 3.05) is 30.0 Å². The molecule has 0 spiro atoms. The highest BCUT2D eigenvalue weighted by Gasteiger charge is 2.26. The van der Waals surface area contributed by atoms with Crippen LogP contribution in [0.1, 0.15) is 12.8 Å². The Balaban J connectivity index is 2.32. The lowest BCUT2D eigenvalue weighted by molar-refractivity contribution is -0.384. The summed E-state index contributed by atoms with van der Waals surface area (Å²) in [4.78, 5) is 16.6. The highest BCUT2D eigenvalue weighted by molar-refractivity contribution is 5.61. The molecule has 1 aromatic rings. The van der Waals surface area contributed by atoms with Crippen LogP contribution in [0, 0.1) is 16.0 Å². The van der Waals surface area contributed by atoms with Crippen LogP contribution in [0.15, 0.2) is 12.1 Å². The van der Waals surface area contributed by atoms with Crippen LogP contribution in [0.5, 0.6) is 0 Å². The Morgan fingerprint density at radius 3 is 3.05 bits per heavy atom. The highest BCUT2D eigenvalue weighted by Crippen LogP contribution is 2.30. The second-order valence-corrected chi connectivity index (χ2v) is 4.58. The van der Waals surface area contributed by atoms with E-state index in [1.165, 1.54) is 12.1 Å². The number of rotatable bonds is 4. The number of aliphatic hydroxyl groups is 1. The molecule has 0 bridgehead atoms. The molecule has 2 rings (SSSR count). The van der Waals surface area contributed by atoms with Crippen molar-refractivity contribution >= 4 is 17.3 Å². The monoisotopic (exact) mass is 267 g/mol. The molecule has 1 unspecified atom stereocenters. The molecule has 8 heteroatoms. The topological polar surface area (TPSA) is 118 Å². The average molecular weight is 267 g/mol. The first kappa shape index (κ1) is 13.5. The molecule has 0 amide bonds. The summed E-state index contributed by atoms with van der Waals surface area (Å²) in [6, 6.07) is 2.86. The fourth-order valence-electron chi connectivity index (χ4n) is 2.30. The summed E-state index contributed by atoms with van der Waals surface area (Å²) in [6.07, 6.45) is 1.81. The van der Waals surface area contributed by atoms with E-state index in [9.17, 15) is 15.2 Å². The Kier molecular flexibility index (Phi) is 4.13. The molecule has 0 saturated carbocycles. The minimum atomic E-state index is -0.453. The van der Waals surface area contributed by atoms with Crippen LogP contribution in [0.25, 0.3) is 0 Å². The smallest absolute Gasteiger partial charge is 0.311 e. The number of nitrogens with one attached hydrogen (secondary N) is 1. The number of nitrogens with zero attached hydrogens (tertiary/aromatic N) is 3. The van der Waals surface area contributed by atoms with Gasteiger partial charge < -0.3 is 15.4 Å². The third-order valence-corrected chi connectivity index (χ3v) is 3.28. The van der Waals surface area contributed by atoms with Crippen LogP contribution in [-0.4, -0.2) is 34.7 Å². The van der Waals surface area contributed by atoms with Gasteiger partial charge in [0.1, 0.15) is 5.82 Å². The summed E-state index contributed by atoms with van der Waals surface area (Å²) < 4.78 is 0. The lowest BCUT2D eigenvalue weighted by Crippen LogP contribution is -2.37. The van der Waals surface area contributed by atoms with Crippen LogP contribution in [0.2, 0.25) is 0 Å². The molecule has 1 aliphatic heterocycles. The van der Waals surface area contributed by atoms with Crippen molar-refractivity contribution < 1.29 is 10.0 Å². The standard InChI is InChI=1S/C11H17N5O3/c12-14-10-4-3-9(16(18)19)11(13-10)15-5-1-2-8(6-15)7-17/h3-4,8,17H,1-2,5-7,12H2,(H,13,14). The quantitative estimate of drug-likeness (QED) is 0.412. The van der Waals surface area contributed by atoms with E-state index in [4.69, 9.17) is 5.84 Å². The van der Waals surface area contributed by atoms with Crippen molar-refractivity contribution in [2.24, 2.45) is 11.8 Å². The number of piperidine rings is 1.